The highest BCUT2D eigenvalue weighted by molar-refractivity contribution is 6.42. The minimum absolute atomic E-state index is 0.0364. The van der Waals surface area contributed by atoms with Crippen LogP contribution >= 0.6 is 23.2 Å². The van der Waals surface area contributed by atoms with Crippen molar-refractivity contribution in [1.82, 2.24) is 19.6 Å². The van der Waals surface area contributed by atoms with Crippen molar-refractivity contribution in [3.8, 4) is 0 Å². The summed E-state index contributed by atoms with van der Waals surface area (Å²) in [6.07, 6.45) is 2.31. The highest BCUT2D eigenvalue weighted by Crippen LogP contribution is 2.31. The zero-order valence-corrected chi connectivity index (χ0v) is 13.7. The summed E-state index contributed by atoms with van der Waals surface area (Å²) in [6, 6.07) is 7.54. The van der Waals surface area contributed by atoms with Gasteiger partial charge in [-0.05, 0) is 25.0 Å². The van der Waals surface area contributed by atoms with Crippen LogP contribution in [0.25, 0.3) is 5.78 Å². The van der Waals surface area contributed by atoms with Gasteiger partial charge in [0.05, 0.1) is 16.1 Å². The molecule has 22 heavy (non-hydrogen) atoms. The predicted molar refractivity (Wildman–Crippen MR) is 88.7 cm³/mol. The number of nitrogens with zero attached hydrogens (tertiary/aromatic N) is 4. The fraction of sp³-hybridized carbons (Fsp3) is 0.267. The molecule has 114 valence electrons. The molecule has 0 amide bonds. The number of benzene rings is 1. The van der Waals surface area contributed by atoms with Gasteiger partial charge in [-0.3, -0.25) is 0 Å². The van der Waals surface area contributed by atoms with Gasteiger partial charge in [-0.2, -0.15) is 14.6 Å². The number of aromatic nitrogens is 4. The molecule has 0 aliphatic heterocycles. The number of hydrogen-bond donors (Lipinski definition) is 1. The Balaban J connectivity index is 1.98. The van der Waals surface area contributed by atoms with Gasteiger partial charge in [-0.15, -0.1) is 0 Å². The molecule has 3 aromatic rings. The first kappa shape index (κ1) is 15.1. The molecule has 1 unspecified atom stereocenters. The number of nitrogens with one attached hydrogen (secondary N) is 1. The van der Waals surface area contributed by atoms with Gasteiger partial charge in [-0.1, -0.05) is 42.3 Å². The molecule has 1 atom stereocenters. The van der Waals surface area contributed by atoms with Crippen LogP contribution in [0.1, 0.15) is 31.1 Å². The number of hydrogen-bond acceptors (Lipinski definition) is 4. The molecule has 0 saturated heterocycles. The standard InChI is InChI=1S/C15H15Cl2N5/c1-3-10-7-13(22-15(21-10)18-8-19-22)20-9(2)11-5-4-6-12(16)14(11)17/h4-9,20H,3H2,1-2H3. The highest BCUT2D eigenvalue weighted by Gasteiger charge is 2.14. The Morgan fingerprint density at radius 2 is 2.14 bits per heavy atom. The van der Waals surface area contributed by atoms with Crippen molar-refractivity contribution in [2.75, 3.05) is 5.32 Å². The zero-order chi connectivity index (χ0) is 15.7. The van der Waals surface area contributed by atoms with Gasteiger partial charge in [-0.25, -0.2) is 4.98 Å². The Kier molecular flexibility index (Phi) is 4.18. The van der Waals surface area contributed by atoms with Crippen LogP contribution in [0.2, 0.25) is 10.0 Å². The van der Waals surface area contributed by atoms with Crippen LogP contribution in [-0.4, -0.2) is 19.6 Å². The van der Waals surface area contributed by atoms with Crippen molar-refractivity contribution in [1.29, 1.82) is 0 Å². The van der Waals surface area contributed by atoms with Crippen molar-refractivity contribution < 1.29 is 0 Å². The van der Waals surface area contributed by atoms with Crippen LogP contribution in [0.15, 0.2) is 30.6 Å². The minimum atomic E-state index is -0.0364. The summed E-state index contributed by atoms with van der Waals surface area (Å²) < 4.78 is 1.67. The van der Waals surface area contributed by atoms with E-state index in [9.17, 15) is 0 Å². The van der Waals surface area contributed by atoms with Gasteiger partial charge in [0.25, 0.3) is 5.78 Å². The van der Waals surface area contributed by atoms with Gasteiger partial charge in [0, 0.05) is 11.8 Å². The molecule has 7 heteroatoms. The molecule has 1 N–H and O–H groups in total. The van der Waals surface area contributed by atoms with Crippen molar-refractivity contribution in [3.05, 3.63) is 51.9 Å². The van der Waals surface area contributed by atoms with Crippen LogP contribution in [0.3, 0.4) is 0 Å². The van der Waals surface area contributed by atoms with Crippen molar-refractivity contribution in [3.63, 3.8) is 0 Å². The first-order valence-electron chi connectivity index (χ1n) is 7.00. The smallest absolute Gasteiger partial charge is 0.254 e. The average Bonchev–Trinajstić information content (AvgIpc) is 2.98. The maximum Gasteiger partial charge on any atom is 0.254 e. The number of aryl methyl sites for hydroxylation is 1. The van der Waals surface area contributed by atoms with E-state index in [1.54, 1.807) is 10.6 Å². The quantitative estimate of drug-likeness (QED) is 0.777. The average molecular weight is 336 g/mol. The molecule has 0 spiro atoms. The third-order valence-corrected chi connectivity index (χ3v) is 4.31. The molecule has 0 saturated carbocycles. The van der Waals surface area contributed by atoms with Gasteiger partial charge in [0.2, 0.25) is 0 Å². The zero-order valence-electron chi connectivity index (χ0n) is 12.2. The van der Waals surface area contributed by atoms with Gasteiger partial charge >= 0.3 is 0 Å². The fourth-order valence-corrected chi connectivity index (χ4v) is 2.77. The molecular weight excluding hydrogens is 321 g/mol. The van der Waals surface area contributed by atoms with Crippen molar-refractivity contribution in [2.45, 2.75) is 26.3 Å². The summed E-state index contributed by atoms with van der Waals surface area (Å²) in [7, 11) is 0. The van der Waals surface area contributed by atoms with Crippen LogP contribution in [0.5, 0.6) is 0 Å². The second-order valence-electron chi connectivity index (χ2n) is 4.97. The molecule has 2 heterocycles. The van der Waals surface area contributed by atoms with E-state index in [1.807, 2.05) is 25.1 Å². The Morgan fingerprint density at radius 1 is 1.32 bits per heavy atom. The highest BCUT2D eigenvalue weighted by atomic mass is 35.5. The molecule has 0 radical (unpaired) electrons. The lowest BCUT2D eigenvalue weighted by molar-refractivity contribution is 0.833. The number of rotatable bonds is 4. The van der Waals surface area contributed by atoms with Crippen LogP contribution < -0.4 is 5.32 Å². The van der Waals surface area contributed by atoms with Crippen LogP contribution in [0.4, 0.5) is 5.82 Å². The van der Waals surface area contributed by atoms with Gasteiger partial charge in [0.15, 0.2) is 0 Å². The SMILES string of the molecule is CCc1cc(NC(C)c2cccc(Cl)c2Cl)n2ncnc2n1. The van der Waals surface area contributed by atoms with E-state index in [4.69, 9.17) is 23.2 Å². The van der Waals surface area contributed by atoms with Gasteiger partial charge < -0.3 is 5.32 Å². The number of fused-ring (bicyclic) bond motifs is 1. The molecule has 0 aliphatic rings. The molecular formula is C15H15Cl2N5. The second kappa shape index (κ2) is 6.10. The third-order valence-electron chi connectivity index (χ3n) is 3.48. The van der Waals surface area contributed by atoms with Crippen LogP contribution in [0, 0.1) is 0 Å². The van der Waals surface area contributed by atoms with E-state index >= 15 is 0 Å². The van der Waals surface area contributed by atoms with Gasteiger partial charge in [0.1, 0.15) is 12.1 Å². The molecule has 2 aromatic heterocycles. The molecule has 1 aromatic carbocycles. The van der Waals surface area contributed by atoms with Crippen molar-refractivity contribution in [2.24, 2.45) is 0 Å². The summed E-state index contributed by atoms with van der Waals surface area (Å²) in [5.41, 5.74) is 1.88. The fourth-order valence-electron chi connectivity index (χ4n) is 2.30. The summed E-state index contributed by atoms with van der Waals surface area (Å²) in [5.74, 6) is 1.40. The third kappa shape index (κ3) is 2.74. The summed E-state index contributed by atoms with van der Waals surface area (Å²) in [6.45, 7) is 4.07. The van der Waals surface area contributed by atoms with E-state index in [2.05, 4.69) is 27.3 Å². The Labute approximate surface area is 138 Å². The second-order valence-corrected chi connectivity index (χ2v) is 5.75. The van der Waals surface area contributed by atoms with Crippen molar-refractivity contribution >= 4 is 34.8 Å². The molecule has 0 fully saturated rings. The number of halogens is 2. The summed E-state index contributed by atoms with van der Waals surface area (Å²) in [4.78, 5) is 8.58. The Hall–Kier alpha value is -1.85. The Bertz CT molecular complexity index is 815. The Morgan fingerprint density at radius 3 is 2.91 bits per heavy atom. The lowest BCUT2D eigenvalue weighted by atomic mass is 10.1. The first-order valence-corrected chi connectivity index (χ1v) is 7.76. The molecule has 5 nitrogen and oxygen atoms in total. The maximum atomic E-state index is 6.29. The summed E-state index contributed by atoms with van der Waals surface area (Å²) >= 11 is 12.4. The topological polar surface area (TPSA) is 55.1 Å². The molecule has 3 rings (SSSR count). The van der Waals surface area contributed by atoms with E-state index < -0.39 is 0 Å². The monoisotopic (exact) mass is 335 g/mol. The maximum absolute atomic E-state index is 6.29. The largest absolute Gasteiger partial charge is 0.363 e. The number of anilines is 1. The lowest BCUT2D eigenvalue weighted by Crippen LogP contribution is -2.12. The normalized spacial score (nSPS) is 12.5. The lowest BCUT2D eigenvalue weighted by Gasteiger charge is -2.18. The first-order chi connectivity index (χ1) is 10.6. The molecule has 0 aliphatic carbocycles. The van der Waals surface area contributed by atoms with E-state index in [1.165, 1.54) is 6.33 Å². The van der Waals surface area contributed by atoms with Crippen LogP contribution in [-0.2, 0) is 6.42 Å². The minimum Gasteiger partial charge on any atom is -0.363 e. The van der Waals surface area contributed by atoms with E-state index in [0.717, 1.165) is 23.5 Å². The molecule has 0 bridgehead atoms. The predicted octanol–water partition coefficient (Wildman–Crippen LogP) is 4.17. The summed E-state index contributed by atoms with van der Waals surface area (Å²) in [5, 5.41) is 8.71. The van der Waals surface area contributed by atoms with E-state index in [-0.39, 0.29) is 6.04 Å². The van der Waals surface area contributed by atoms with E-state index in [0.29, 0.717) is 15.8 Å².